The fourth-order valence-electron chi connectivity index (χ4n) is 2.44. The van der Waals surface area contributed by atoms with Gasteiger partial charge in [-0.3, -0.25) is 9.59 Å². The average Bonchev–Trinajstić information content (AvgIpc) is 2.65. The van der Waals surface area contributed by atoms with Crippen LogP contribution in [-0.2, 0) is 9.59 Å². The molecule has 0 bridgehead atoms. The summed E-state index contributed by atoms with van der Waals surface area (Å²) < 4.78 is 15.7. The summed E-state index contributed by atoms with van der Waals surface area (Å²) in [5.41, 5.74) is 1.84. The van der Waals surface area contributed by atoms with Crippen LogP contribution in [0.3, 0.4) is 0 Å². The predicted molar refractivity (Wildman–Crippen MR) is 97.8 cm³/mol. The minimum atomic E-state index is -0.310. The van der Waals surface area contributed by atoms with Crippen LogP contribution in [0.5, 0.6) is 17.2 Å². The number of rotatable bonds is 5. The molecule has 7 nitrogen and oxygen atoms in total. The molecule has 0 aromatic heterocycles. The van der Waals surface area contributed by atoms with Crippen LogP contribution in [0.4, 0.5) is 11.4 Å². The lowest BCUT2D eigenvalue weighted by Crippen LogP contribution is -2.25. The van der Waals surface area contributed by atoms with Crippen LogP contribution in [0.2, 0.25) is 0 Å². The fraction of sp³-hybridized carbons (Fsp3) is 0.158. The van der Waals surface area contributed by atoms with Crippen LogP contribution < -0.4 is 24.8 Å². The summed E-state index contributed by atoms with van der Waals surface area (Å²) >= 11 is 0. The van der Waals surface area contributed by atoms with Crippen LogP contribution >= 0.6 is 0 Å². The third kappa shape index (κ3) is 4.13. The maximum absolute atomic E-state index is 12.1. The molecule has 0 spiro atoms. The van der Waals surface area contributed by atoms with Crippen molar-refractivity contribution in [2.45, 2.75) is 0 Å². The van der Waals surface area contributed by atoms with Crippen molar-refractivity contribution in [1.29, 1.82) is 0 Å². The van der Waals surface area contributed by atoms with Gasteiger partial charge in [-0.15, -0.1) is 0 Å². The molecule has 26 heavy (non-hydrogen) atoms. The van der Waals surface area contributed by atoms with Crippen molar-refractivity contribution in [3.05, 3.63) is 48.0 Å². The Balaban J connectivity index is 1.70. The first-order valence-electron chi connectivity index (χ1n) is 7.86. The molecular weight excluding hydrogens is 336 g/mol. The topological polar surface area (TPSA) is 85.9 Å². The van der Waals surface area contributed by atoms with E-state index in [9.17, 15) is 9.59 Å². The van der Waals surface area contributed by atoms with Crippen LogP contribution in [0.1, 0.15) is 5.56 Å². The number of methoxy groups -OCH3 is 2. The highest BCUT2D eigenvalue weighted by molar-refractivity contribution is 6.03. The number of amides is 2. The van der Waals surface area contributed by atoms with Gasteiger partial charge in [0.2, 0.25) is 5.91 Å². The molecule has 2 aromatic rings. The molecule has 1 aliphatic heterocycles. The smallest absolute Gasteiger partial charge is 0.262 e. The largest absolute Gasteiger partial charge is 0.497 e. The molecule has 3 rings (SSSR count). The van der Waals surface area contributed by atoms with Gasteiger partial charge in [0, 0.05) is 17.8 Å². The quantitative estimate of drug-likeness (QED) is 0.807. The first-order chi connectivity index (χ1) is 12.6. The molecule has 0 unspecified atom stereocenters. The number of carbonyl (C=O) groups excluding carboxylic acids is 2. The normalized spacial score (nSPS) is 12.8. The number of anilines is 2. The zero-order valence-corrected chi connectivity index (χ0v) is 14.4. The van der Waals surface area contributed by atoms with Crippen molar-refractivity contribution in [3.8, 4) is 17.2 Å². The van der Waals surface area contributed by atoms with Gasteiger partial charge < -0.3 is 24.8 Å². The van der Waals surface area contributed by atoms with Gasteiger partial charge in [0.25, 0.3) is 5.91 Å². The molecule has 0 saturated heterocycles. The molecule has 0 atom stereocenters. The number of carbonyl (C=O) groups is 2. The molecule has 2 amide bonds. The van der Waals surface area contributed by atoms with E-state index >= 15 is 0 Å². The number of hydrogen-bond donors (Lipinski definition) is 2. The predicted octanol–water partition coefficient (Wildman–Crippen LogP) is 2.69. The molecule has 2 N–H and O–H groups in total. The summed E-state index contributed by atoms with van der Waals surface area (Å²) in [6.45, 7) is -0.00849. The molecule has 7 heteroatoms. The van der Waals surface area contributed by atoms with Gasteiger partial charge in [0.1, 0.15) is 17.2 Å². The van der Waals surface area contributed by atoms with Gasteiger partial charge in [-0.25, -0.2) is 0 Å². The Bertz CT molecular complexity index is 854. The summed E-state index contributed by atoms with van der Waals surface area (Å²) in [4.78, 5) is 23.5. The van der Waals surface area contributed by atoms with E-state index in [1.54, 1.807) is 56.7 Å². The summed E-state index contributed by atoms with van der Waals surface area (Å²) in [6.07, 6.45) is 3.06. The molecular formula is C19H18N2O5. The lowest BCUT2D eigenvalue weighted by molar-refractivity contribution is -0.118. The molecule has 2 aromatic carbocycles. The maximum Gasteiger partial charge on any atom is 0.262 e. The van der Waals surface area contributed by atoms with Crippen molar-refractivity contribution in [3.63, 3.8) is 0 Å². The van der Waals surface area contributed by atoms with Gasteiger partial charge in [0.05, 0.1) is 19.9 Å². The second-order valence-corrected chi connectivity index (χ2v) is 5.52. The van der Waals surface area contributed by atoms with Crippen LogP contribution in [-0.4, -0.2) is 32.6 Å². The van der Waals surface area contributed by atoms with Crippen molar-refractivity contribution in [1.82, 2.24) is 0 Å². The lowest BCUT2D eigenvalue weighted by Gasteiger charge is -2.18. The Hall–Kier alpha value is -3.48. The monoisotopic (exact) mass is 354 g/mol. The maximum atomic E-state index is 12.1. The van der Waals surface area contributed by atoms with Gasteiger partial charge in [-0.2, -0.15) is 0 Å². The summed E-state index contributed by atoms with van der Waals surface area (Å²) in [5.74, 6) is 1.30. The molecule has 0 aliphatic carbocycles. The second-order valence-electron chi connectivity index (χ2n) is 5.52. The highest BCUT2D eigenvalue weighted by Crippen LogP contribution is 2.30. The van der Waals surface area contributed by atoms with E-state index in [4.69, 9.17) is 14.2 Å². The summed E-state index contributed by atoms with van der Waals surface area (Å²) in [6, 6.07) is 10.4. The van der Waals surface area contributed by atoms with Crippen LogP contribution in [0, 0.1) is 0 Å². The molecule has 0 saturated carbocycles. The van der Waals surface area contributed by atoms with Crippen molar-refractivity contribution in [2.75, 3.05) is 31.5 Å². The van der Waals surface area contributed by atoms with Crippen molar-refractivity contribution >= 4 is 29.3 Å². The second kappa shape index (κ2) is 7.60. The first-order valence-corrected chi connectivity index (χ1v) is 7.86. The van der Waals surface area contributed by atoms with E-state index in [-0.39, 0.29) is 18.4 Å². The van der Waals surface area contributed by atoms with Crippen LogP contribution in [0.25, 0.3) is 6.08 Å². The molecule has 0 fully saturated rings. The van der Waals surface area contributed by atoms with E-state index < -0.39 is 0 Å². The summed E-state index contributed by atoms with van der Waals surface area (Å²) in [7, 11) is 3.13. The Labute approximate surface area is 150 Å². The zero-order chi connectivity index (χ0) is 18.5. The van der Waals surface area contributed by atoms with Gasteiger partial charge >= 0.3 is 0 Å². The fourth-order valence-corrected chi connectivity index (χ4v) is 2.44. The lowest BCUT2D eigenvalue weighted by atomic mass is 10.2. The molecule has 134 valence electrons. The first kappa shape index (κ1) is 17.3. The van der Waals surface area contributed by atoms with Gasteiger partial charge in [-0.1, -0.05) is 0 Å². The zero-order valence-electron chi connectivity index (χ0n) is 14.4. The third-order valence-electron chi connectivity index (χ3n) is 3.68. The van der Waals surface area contributed by atoms with E-state index in [0.29, 0.717) is 28.6 Å². The highest BCUT2D eigenvalue weighted by Gasteiger charge is 2.16. The van der Waals surface area contributed by atoms with E-state index in [2.05, 4.69) is 10.6 Å². The van der Waals surface area contributed by atoms with Crippen LogP contribution in [0.15, 0.2) is 42.5 Å². The standard InChI is InChI=1S/C19H18N2O5/c1-24-14-7-12(8-15(10-14)25-2)3-6-18(22)20-13-4-5-17-16(9-13)21-19(23)11-26-17/h3-10H,11H2,1-2H3,(H,20,22)(H,21,23)/b6-3+. The minimum Gasteiger partial charge on any atom is -0.497 e. The Morgan fingerprint density at radius 3 is 2.58 bits per heavy atom. The average molecular weight is 354 g/mol. The molecule has 1 aliphatic rings. The van der Waals surface area contributed by atoms with Gasteiger partial charge in [0.15, 0.2) is 6.61 Å². The number of fused-ring (bicyclic) bond motifs is 1. The minimum absolute atomic E-state index is 0.00849. The Kier molecular flexibility index (Phi) is 5.07. The number of benzene rings is 2. The molecule has 1 heterocycles. The Morgan fingerprint density at radius 2 is 1.88 bits per heavy atom. The van der Waals surface area contributed by atoms with Gasteiger partial charge in [-0.05, 0) is 42.0 Å². The van der Waals surface area contributed by atoms with E-state index in [1.807, 2.05) is 0 Å². The summed E-state index contributed by atoms with van der Waals surface area (Å²) in [5, 5.41) is 5.43. The van der Waals surface area contributed by atoms with E-state index in [0.717, 1.165) is 5.56 Å². The molecule has 0 radical (unpaired) electrons. The SMILES string of the molecule is COc1cc(/C=C/C(=O)Nc2ccc3c(c2)NC(=O)CO3)cc(OC)c1. The van der Waals surface area contributed by atoms with E-state index in [1.165, 1.54) is 6.08 Å². The van der Waals surface area contributed by atoms with Crippen molar-refractivity contribution < 1.29 is 23.8 Å². The Morgan fingerprint density at radius 1 is 1.15 bits per heavy atom. The van der Waals surface area contributed by atoms with Crippen molar-refractivity contribution in [2.24, 2.45) is 0 Å². The third-order valence-corrected chi connectivity index (χ3v) is 3.68. The highest BCUT2D eigenvalue weighted by atomic mass is 16.5. The number of nitrogens with one attached hydrogen (secondary N) is 2. The number of hydrogen-bond acceptors (Lipinski definition) is 5. The number of ether oxygens (including phenoxy) is 3.